The van der Waals surface area contributed by atoms with Gasteiger partial charge in [-0.25, -0.2) is 4.79 Å². The highest BCUT2D eigenvalue weighted by molar-refractivity contribution is 5.72. The molecule has 4 heteroatoms. The SMILES string of the molecule is CCOC(CCOC(C)CC)C(=O)O. The van der Waals surface area contributed by atoms with E-state index in [1.54, 1.807) is 6.92 Å². The summed E-state index contributed by atoms with van der Waals surface area (Å²) in [6.45, 7) is 6.63. The first kappa shape index (κ1) is 13.4. The molecule has 1 N–H and O–H groups in total. The number of aliphatic carboxylic acids is 1. The van der Waals surface area contributed by atoms with Crippen LogP contribution < -0.4 is 0 Å². The molecule has 0 aromatic rings. The van der Waals surface area contributed by atoms with E-state index in [2.05, 4.69) is 0 Å². The smallest absolute Gasteiger partial charge is 0.332 e. The number of carbonyl (C=O) groups is 1. The molecule has 0 aliphatic carbocycles. The fourth-order valence-electron chi connectivity index (χ4n) is 0.973. The van der Waals surface area contributed by atoms with E-state index >= 15 is 0 Å². The second kappa shape index (κ2) is 7.76. The average Bonchev–Trinajstić information content (AvgIpc) is 2.16. The van der Waals surface area contributed by atoms with Crippen LogP contribution >= 0.6 is 0 Å². The summed E-state index contributed by atoms with van der Waals surface area (Å²) in [4.78, 5) is 10.7. The van der Waals surface area contributed by atoms with Gasteiger partial charge in [-0.15, -0.1) is 0 Å². The quantitative estimate of drug-likeness (QED) is 0.653. The number of rotatable bonds is 8. The van der Waals surface area contributed by atoms with Gasteiger partial charge in [0.15, 0.2) is 6.10 Å². The van der Waals surface area contributed by atoms with Gasteiger partial charge < -0.3 is 14.6 Å². The summed E-state index contributed by atoms with van der Waals surface area (Å²) in [6, 6.07) is 0. The van der Waals surface area contributed by atoms with Crippen LogP contribution in [0, 0.1) is 0 Å². The lowest BCUT2D eigenvalue weighted by molar-refractivity contribution is -0.151. The largest absolute Gasteiger partial charge is 0.479 e. The summed E-state index contributed by atoms with van der Waals surface area (Å²) >= 11 is 0. The molecule has 0 rings (SSSR count). The normalized spacial score (nSPS) is 15.1. The molecule has 4 nitrogen and oxygen atoms in total. The van der Waals surface area contributed by atoms with Crippen molar-refractivity contribution >= 4 is 5.97 Å². The monoisotopic (exact) mass is 204 g/mol. The zero-order chi connectivity index (χ0) is 11.0. The summed E-state index contributed by atoms with van der Waals surface area (Å²) in [5.74, 6) is -0.917. The molecular formula is C10H20O4. The molecule has 2 atom stereocenters. The molecule has 0 fully saturated rings. The molecule has 0 aromatic heterocycles. The summed E-state index contributed by atoms with van der Waals surface area (Å²) < 4.78 is 10.4. The number of carboxylic acids is 1. The van der Waals surface area contributed by atoms with Gasteiger partial charge >= 0.3 is 5.97 Å². The lowest BCUT2D eigenvalue weighted by atomic mass is 10.2. The van der Waals surface area contributed by atoms with Gasteiger partial charge in [-0.2, -0.15) is 0 Å². The fourth-order valence-corrected chi connectivity index (χ4v) is 0.973. The highest BCUT2D eigenvalue weighted by Crippen LogP contribution is 2.02. The van der Waals surface area contributed by atoms with E-state index in [1.165, 1.54) is 0 Å². The zero-order valence-corrected chi connectivity index (χ0v) is 9.16. The van der Waals surface area contributed by atoms with Gasteiger partial charge in [0.05, 0.1) is 6.10 Å². The standard InChI is InChI=1S/C10H20O4/c1-4-8(3)14-7-6-9(10(11)12)13-5-2/h8-9H,4-7H2,1-3H3,(H,11,12). The van der Waals surface area contributed by atoms with E-state index in [9.17, 15) is 4.79 Å². The molecule has 0 amide bonds. The Morgan fingerprint density at radius 2 is 2.00 bits per heavy atom. The van der Waals surface area contributed by atoms with E-state index in [4.69, 9.17) is 14.6 Å². The second-order valence-corrected chi connectivity index (χ2v) is 3.16. The van der Waals surface area contributed by atoms with Crippen molar-refractivity contribution in [2.24, 2.45) is 0 Å². The van der Waals surface area contributed by atoms with Crippen molar-refractivity contribution in [3.63, 3.8) is 0 Å². The van der Waals surface area contributed by atoms with Gasteiger partial charge in [-0.05, 0) is 20.3 Å². The van der Waals surface area contributed by atoms with Gasteiger partial charge in [0.1, 0.15) is 0 Å². The first-order valence-electron chi connectivity index (χ1n) is 5.07. The summed E-state index contributed by atoms with van der Waals surface area (Å²) in [5.41, 5.74) is 0. The maximum atomic E-state index is 10.7. The van der Waals surface area contributed by atoms with Gasteiger partial charge in [0, 0.05) is 19.6 Å². The minimum absolute atomic E-state index is 0.186. The fraction of sp³-hybridized carbons (Fsp3) is 0.900. The molecule has 0 saturated carbocycles. The predicted molar refractivity (Wildman–Crippen MR) is 53.4 cm³/mol. The third-order valence-electron chi connectivity index (χ3n) is 2.00. The molecule has 0 aliphatic rings. The predicted octanol–water partition coefficient (Wildman–Crippen LogP) is 1.68. The van der Waals surface area contributed by atoms with Crippen LogP contribution in [0.4, 0.5) is 0 Å². The molecule has 2 unspecified atom stereocenters. The lowest BCUT2D eigenvalue weighted by Crippen LogP contribution is -2.26. The Bertz CT molecular complexity index is 158. The number of ether oxygens (including phenoxy) is 2. The summed E-state index contributed by atoms with van der Waals surface area (Å²) in [5, 5.41) is 8.75. The van der Waals surface area contributed by atoms with Crippen LogP contribution in [0.2, 0.25) is 0 Å². The first-order valence-corrected chi connectivity index (χ1v) is 5.07. The molecule has 0 radical (unpaired) electrons. The lowest BCUT2D eigenvalue weighted by Gasteiger charge is -2.14. The third-order valence-corrected chi connectivity index (χ3v) is 2.00. The molecule has 0 saturated heterocycles. The minimum Gasteiger partial charge on any atom is -0.479 e. The van der Waals surface area contributed by atoms with Crippen molar-refractivity contribution in [1.82, 2.24) is 0 Å². The Kier molecular flexibility index (Phi) is 7.42. The molecule has 0 spiro atoms. The molecule has 14 heavy (non-hydrogen) atoms. The van der Waals surface area contributed by atoms with Crippen molar-refractivity contribution in [3.05, 3.63) is 0 Å². The van der Waals surface area contributed by atoms with E-state index in [1.807, 2.05) is 13.8 Å². The van der Waals surface area contributed by atoms with Crippen LogP contribution in [-0.2, 0) is 14.3 Å². The van der Waals surface area contributed by atoms with Crippen molar-refractivity contribution in [2.45, 2.75) is 45.8 Å². The van der Waals surface area contributed by atoms with E-state index in [0.29, 0.717) is 19.6 Å². The Morgan fingerprint density at radius 3 is 2.43 bits per heavy atom. The molecule has 84 valence electrons. The second-order valence-electron chi connectivity index (χ2n) is 3.16. The topological polar surface area (TPSA) is 55.8 Å². The van der Waals surface area contributed by atoms with E-state index in [0.717, 1.165) is 6.42 Å². The zero-order valence-electron chi connectivity index (χ0n) is 9.16. The van der Waals surface area contributed by atoms with Crippen molar-refractivity contribution in [1.29, 1.82) is 0 Å². The van der Waals surface area contributed by atoms with Crippen LogP contribution in [0.3, 0.4) is 0 Å². The highest BCUT2D eigenvalue weighted by Gasteiger charge is 2.17. The number of hydrogen-bond acceptors (Lipinski definition) is 3. The summed E-state index contributed by atoms with van der Waals surface area (Å²) in [6.07, 6.45) is 0.801. The van der Waals surface area contributed by atoms with Crippen LogP contribution in [0.25, 0.3) is 0 Å². The molecule has 0 heterocycles. The maximum Gasteiger partial charge on any atom is 0.332 e. The van der Waals surface area contributed by atoms with Gasteiger partial charge in [-0.3, -0.25) is 0 Å². The average molecular weight is 204 g/mol. The van der Waals surface area contributed by atoms with Gasteiger partial charge in [0.25, 0.3) is 0 Å². The first-order chi connectivity index (χ1) is 6.61. The van der Waals surface area contributed by atoms with Crippen LogP contribution in [0.15, 0.2) is 0 Å². The highest BCUT2D eigenvalue weighted by atomic mass is 16.5. The number of hydrogen-bond donors (Lipinski definition) is 1. The Balaban J connectivity index is 3.66. The Labute approximate surface area is 85.2 Å². The van der Waals surface area contributed by atoms with Crippen LogP contribution in [0.5, 0.6) is 0 Å². The van der Waals surface area contributed by atoms with Crippen LogP contribution in [-0.4, -0.2) is 36.5 Å². The third kappa shape index (κ3) is 5.94. The van der Waals surface area contributed by atoms with Gasteiger partial charge in [-0.1, -0.05) is 6.92 Å². The van der Waals surface area contributed by atoms with Gasteiger partial charge in [0.2, 0.25) is 0 Å². The Hall–Kier alpha value is -0.610. The van der Waals surface area contributed by atoms with E-state index in [-0.39, 0.29) is 6.10 Å². The van der Waals surface area contributed by atoms with Crippen LogP contribution in [0.1, 0.15) is 33.6 Å². The van der Waals surface area contributed by atoms with E-state index < -0.39 is 12.1 Å². The Morgan fingerprint density at radius 1 is 1.36 bits per heavy atom. The van der Waals surface area contributed by atoms with Crippen molar-refractivity contribution in [3.8, 4) is 0 Å². The minimum atomic E-state index is -0.917. The molecule has 0 aromatic carbocycles. The summed E-state index contributed by atoms with van der Waals surface area (Å²) in [7, 11) is 0. The molecular weight excluding hydrogens is 184 g/mol. The van der Waals surface area contributed by atoms with Crippen molar-refractivity contribution in [2.75, 3.05) is 13.2 Å². The maximum absolute atomic E-state index is 10.7. The van der Waals surface area contributed by atoms with Crippen molar-refractivity contribution < 1.29 is 19.4 Å². The molecule has 0 aliphatic heterocycles. The molecule has 0 bridgehead atoms. The number of carboxylic acid groups (broad SMARTS) is 1.